The molecule has 0 aliphatic rings. The molecule has 0 aliphatic carbocycles. The summed E-state index contributed by atoms with van der Waals surface area (Å²) >= 11 is 0. The summed E-state index contributed by atoms with van der Waals surface area (Å²) in [5.74, 6) is 0.616. The molecule has 3 N–H and O–H groups in total. The Balaban J connectivity index is 2.92. The third-order valence-electron chi connectivity index (χ3n) is 1.58. The zero-order valence-corrected chi connectivity index (χ0v) is 8.26. The van der Waals surface area contributed by atoms with Crippen molar-refractivity contribution in [3.63, 3.8) is 0 Å². The molecule has 70 valence electrons. The van der Waals surface area contributed by atoms with Crippen LogP contribution in [0.4, 0.5) is 5.69 Å². The molecule has 0 aromatic heterocycles. The first-order valence-corrected chi connectivity index (χ1v) is 4.28. The normalized spacial score (nSPS) is 10.6. The maximum Gasteiger partial charge on any atom is 0.145 e. The van der Waals surface area contributed by atoms with E-state index in [4.69, 9.17) is 15.4 Å². The Hall–Kier alpha value is -1.05. The molecule has 0 bridgehead atoms. The van der Waals surface area contributed by atoms with Crippen LogP contribution in [0.2, 0.25) is 0 Å². The van der Waals surface area contributed by atoms with Crippen molar-refractivity contribution in [3.05, 3.63) is 29.8 Å². The predicted molar refractivity (Wildman–Crippen MR) is 57.3 cm³/mol. The number of anilines is 1. The molecule has 3 nitrogen and oxygen atoms in total. The lowest BCUT2D eigenvalue weighted by atomic mass is 10.2. The molecule has 13 heavy (non-hydrogen) atoms. The summed E-state index contributed by atoms with van der Waals surface area (Å²) in [4.78, 5) is 0. The van der Waals surface area contributed by atoms with Gasteiger partial charge in [0.25, 0.3) is 0 Å². The van der Waals surface area contributed by atoms with Crippen molar-refractivity contribution in [2.24, 2.45) is 0 Å². The summed E-state index contributed by atoms with van der Waals surface area (Å²) in [5, 5.41) is 8.56. The molecule has 1 atom stereocenters. The molecule has 0 saturated carbocycles. The molecule has 1 unspecified atom stereocenters. The molecule has 0 saturated heterocycles. The minimum atomic E-state index is 0.0292. The number of nitrogen functional groups attached to an aromatic ring is 1. The predicted octanol–water partition coefficient (Wildman–Crippen LogP) is 1.44. The van der Waals surface area contributed by atoms with Crippen molar-refractivity contribution >= 4 is 21.2 Å². The van der Waals surface area contributed by atoms with Gasteiger partial charge in [-0.3, -0.25) is 0 Å². The third kappa shape index (κ3) is 2.72. The Morgan fingerprint density at radius 3 is 2.92 bits per heavy atom. The fourth-order valence-corrected chi connectivity index (χ4v) is 1.15. The maximum atomic E-state index is 8.56. The van der Waals surface area contributed by atoms with Crippen LogP contribution in [0.25, 0.3) is 6.08 Å². The van der Waals surface area contributed by atoms with E-state index >= 15 is 0 Å². The number of hydrogen-bond donors (Lipinski definition) is 2. The zero-order chi connectivity index (χ0) is 9.68. The Labute approximate surface area is 79.5 Å². The molecule has 0 heterocycles. The van der Waals surface area contributed by atoms with Gasteiger partial charge in [-0.25, -0.2) is 0 Å². The molecule has 1 aromatic rings. The molecular formula is C9H12NO2P. The van der Waals surface area contributed by atoms with Crippen molar-refractivity contribution in [1.82, 2.24) is 0 Å². The highest BCUT2D eigenvalue weighted by Gasteiger charge is 1.97. The molecule has 0 aliphatic heterocycles. The summed E-state index contributed by atoms with van der Waals surface area (Å²) in [5.41, 5.74) is 7.16. The van der Waals surface area contributed by atoms with E-state index in [1.165, 1.54) is 0 Å². The summed E-state index contributed by atoms with van der Waals surface area (Å²) in [7, 11) is 2.14. The monoisotopic (exact) mass is 197 g/mol. The Morgan fingerprint density at radius 2 is 2.31 bits per heavy atom. The van der Waals surface area contributed by atoms with Crippen LogP contribution in [0.3, 0.4) is 0 Å². The highest BCUT2D eigenvalue weighted by molar-refractivity contribution is 7.10. The number of aliphatic hydroxyl groups excluding tert-OH is 1. The lowest BCUT2D eigenvalue weighted by Crippen LogP contribution is -1.88. The number of hydrogen-bond acceptors (Lipinski definition) is 3. The first-order chi connectivity index (χ1) is 6.27. The van der Waals surface area contributed by atoms with Gasteiger partial charge >= 0.3 is 0 Å². The van der Waals surface area contributed by atoms with Gasteiger partial charge in [0.1, 0.15) is 5.75 Å². The van der Waals surface area contributed by atoms with E-state index in [0.29, 0.717) is 11.4 Å². The minimum Gasteiger partial charge on any atom is -0.478 e. The zero-order valence-electron chi connectivity index (χ0n) is 7.10. The third-order valence-corrected chi connectivity index (χ3v) is 1.83. The smallest absolute Gasteiger partial charge is 0.145 e. The van der Waals surface area contributed by atoms with E-state index in [9.17, 15) is 0 Å². The molecule has 4 heteroatoms. The minimum absolute atomic E-state index is 0.0292. The quantitative estimate of drug-likeness (QED) is 0.569. The van der Waals surface area contributed by atoms with E-state index in [1.807, 2.05) is 6.07 Å². The average Bonchev–Trinajstić information content (AvgIpc) is 2.16. The highest BCUT2D eigenvalue weighted by atomic mass is 31.0. The summed E-state index contributed by atoms with van der Waals surface area (Å²) in [6.45, 7) is 0.0292. The van der Waals surface area contributed by atoms with Gasteiger partial charge in [0.2, 0.25) is 0 Å². The van der Waals surface area contributed by atoms with Crippen LogP contribution in [0, 0.1) is 0 Å². The van der Waals surface area contributed by atoms with Crippen LogP contribution in [0.5, 0.6) is 5.75 Å². The molecule has 1 aromatic carbocycles. The van der Waals surface area contributed by atoms with Crippen LogP contribution in [0.15, 0.2) is 24.3 Å². The number of aliphatic hydroxyl groups is 1. The summed E-state index contributed by atoms with van der Waals surface area (Å²) < 4.78 is 4.96. The number of benzene rings is 1. The first kappa shape index (κ1) is 10.0. The Kier molecular flexibility index (Phi) is 3.74. The Morgan fingerprint density at radius 1 is 1.54 bits per heavy atom. The van der Waals surface area contributed by atoms with Crippen LogP contribution in [0.1, 0.15) is 5.56 Å². The molecule has 0 radical (unpaired) electrons. The first-order valence-electron chi connectivity index (χ1n) is 3.81. The second-order valence-corrected chi connectivity index (χ2v) is 2.74. The Bertz CT molecular complexity index is 312. The number of nitrogens with two attached hydrogens (primary N) is 1. The van der Waals surface area contributed by atoms with Gasteiger partial charge in [0.05, 0.1) is 21.8 Å². The summed E-state index contributed by atoms with van der Waals surface area (Å²) in [6, 6.07) is 5.42. The summed E-state index contributed by atoms with van der Waals surface area (Å²) in [6.07, 6.45) is 3.45. The molecule has 0 amide bonds. The van der Waals surface area contributed by atoms with Crippen molar-refractivity contribution in [3.8, 4) is 5.75 Å². The van der Waals surface area contributed by atoms with Gasteiger partial charge < -0.3 is 15.4 Å². The van der Waals surface area contributed by atoms with Gasteiger partial charge in [0.15, 0.2) is 0 Å². The van der Waals surface area contributed by atoms with Gasteiger partial charge in [-0.15, -0.1) is 0 Å². The topological polar surface area (TPSA) is 55.5 Å². The lowest BCUT2D eigenvalue weighted by Gasteiger charge is -2.04. The fraction of sp³-hybridized carbons (Fsp3) is 0.111. The van der Waals surface area contributed by atoms with E-state index in [2.05, 4.69) is 9.47 Å². The van der Waals surface area contributed by atoms with Crippen molar-refractivity contribution < 1.29 is 9.63 Å². The molecule has 0 spiro atoms. The van der Waals surface area contributed by atoms with Gasteiger partial charge in [-0.2, -0.15) is 0 Å². The van der Waals surface area contributed by atoms with Crippen molar-refractivity contribution in [1.29, 1.82) is 0 Å². The van der Waals surface area contributed by atoms with E-state index in [1.54, 1.807) is 24.3 Å². The molecular weight excluding hydrogens is 185 g/mol. The van der Waals surface area contributed by atoms with Crippen LogP contribution >= 0.6 is 9.47 Å². The van der Waals surface area contributed by atoms with Crippen LogP contribution in [-0.4, -0.2) is 11.7 Å². The van der Waals surface area contributed by atoms with Crippen LogP contribution < -0.4 is 10.3 Å². The van der Waals surface area contributed by atoms with Gasteiger partial charge in [-0.05, 0) is 17.7 Å². The molecule has 0 fully saturated rings. The number of rotatable bonds is 3. The lowest BCUT2D eigenvalue weighted by molar-refractivity contribution is 0.343. The van der Waals surface area contributed by atoms with Crippen molar-refractivity contribution in [2.75, 3.05) is 12.3 Å². The standard InChI is InChI=1S/C9H12NO2P/c10-8-4-3-7(2-1-5-11)6-9(8)12-13/h1-4,6,11H,5,10,13H2/b2-1+. The molecule has 1 rings (SSSR count). The largest absolute Gasteiger partial charge is 0.478 e. The van der Waals surface area contributed by atoms with E-state index in [0.717, 1.165) is 5.56 Å². The van der Waals surface area contributed by atoms with Gasteiger partial charge in [-0.1, -0.05) is 18.2 Å². The van der Waals surface area contributed by atoms with E-state index in [-0.39, 0.29) is 6.61 Å². The second-order valence-electron chi connectivity index (χ2n) is 2.50. The van der Waals surface area contributed by atoms with Gasteiger partial charge in [0, 0.05) is 0 Å². The highest BCUT2D eigenvalue weighted by Crippen LogP contribution is 2.24. The van der Waals surface area contributed by atoms with E-state index < -0.39 is 0 Å². The van der Waals surface area contributed by atoms with Crippen LogP contribution in [-0.2, 0) is 0 Å². The van der Waals surface area contributed by atoms with Crippen molar-refractivity contribution in [2.45, 2.75) is 0 Å². The SMILES string of the molecule is Nc1ccc(/C=C/CO)cc1OP. The maximum absolute atomic E-state index is 8.56. The fourth-order valence-electron chi connectivity index (χ4n) is 0.945. The average molecular weight is 197 g/mol. The second kappa shape index (κ2) is 4.85.